The predicted octanol–water partition coefficient (Wildman–Crippen LogP) is 4.96. The lowest BCUT2D eigenvalue weighted by Crippen LogP contribution is -2.34. The summed E-state index contributed by atoms with van der Waals surface area (Å²) < 4.78 is 2.35. The Balaban J connectivity index is 1.49. The van der Waals surface area contributed by atoms with Crippen molar-refractivity contribution in [2.24, 2.45) is 0 Å². The molecule has 1 aliphatic rings. The van der Waals surface area contributed by atoms with Crippen molar-refractivity contribution in [2.45, 2.75) is 56.3 Å². The third-order valence-electron chi connectivity index (χ3n) is 6.20. The van der Waals surface area contributed by atoms with E-state index in [2.05, 4.69) is 29.4 Å². The molecule has 0 bridgehead atoms. The summed E-state index contributed by atoms with van der Waals surface area (Å²) in [6, 6.07) is 14.3. The number of aromatic nitrogens is 3. The molecule has 0 radical (unpaired) electrons. The van der Waals surface area contributed by atoms with Gasteiger partial charge in [-0.15, -0.1) is 11.3 Å². The van der Waals surface area contributed by atoms with Crippen molar-refractivity contribution < 1.29 is 4.79 Å². The molecule has 1 amide bonds. The van der Waals surface area contributed by atoms with Crippen molar-refractivity contribution in [1.29, 1.82) is 0 Å². The normalized spacial score (nSPS) is 15.3. The fraction of sp³-hybridized carbons (Fsp3) is 0.360. The van der Waals surface area contributed by atoms with Gasteiger partial charge in [-0.3, -0.25) is 14.2 Å². The van der Waals surface area contributed by atoms with Crippen LogP contribution in [0.5, 0.6) is 0 Å². The van der Waals surface area contributed by atoms with Crippen LogP contribution in [0, 0.1) is 0 Å². The molecular weight excluding hydrogens is 452 g/mol. The molecule has 33 heavy (non-hydrogen) atoms. The number of nitrogens with one attached hydrogen (secondary N) is 1. The van der Waals surface area contributed by atoms with Gasteiger partial charge < -0.3 is 5.32 Å². The number of rotatable bonds is 7. The van der Waals surface area contributed by atoms with Crippen LogP contribution in [0.25, 0.3) is 20.4 Å². The number of nitrogens with zero attached hydrogens (tertiary/aromatic N) is 3. The van der Waals surface area contributed by atoms with Crippen LogP contribution in [0.4, 0.5) is 0 Å². The maximum absolute atomic E-state index is 13.6. The molecule has 4 aromatic rings. The first-order valence-corrected chi connectivity index (χ1v) is 13.2. The molecule has 5 rings (SSSR count). The maximum atomic E-state index is 13.6. The van der Waals surface area contributed by atoms with E-state index in [0.29, 0.717) is 21.9 Å². The van der Waals surface area contributed by atoms with Gasteiger partial charge in [0.25, 0.3) is 5.56 Å². The highest BCUT2D eigenvalue weighted by molar-refractivity contribution is 7.99. The molecule has 1 N–H and O–H groups in total. The van der Waals surface area contributed by atoms with Crippen LogP contribution < -0.4 is 10.9 Å². The second-order valence-corrected chi connectivity index (χ2v) is 10.5. The molecule has 1 aromatic carbocycles. The SMILES string of the molecule is C[C@@H](Cn1c(SCC(=O)NC2CCCC2)nc2c(sc3ncccc32)c1=O)c1ccccc1. The zero-order chi connectivity index (χ0) is 22.8. The van der Waals surface area contributed by atoms with Crippen molar-refractivity contribution in [1.82, 2.24) is 19.9 Å². The molecule has 1 fully saturated rings. The second-order valence-electron chi connectivity index (χ2n) is 8.60. The Kier molecular flexibility index (Phi) is 6.46. The number of fused-ring (bicyclic) bond motifs is 3. The molecule has 3 heterocycles. The van der Waals surface area contributed by atoms with Gasteiger partial charge in [0.1, 0.15) is 9.53 Å². The summed E-state index contributed by atoms with van der Waals surface area (Å²) in [6.45, 7) is 2.61. The summed E-state index contributed by atoms with van der Waals surface area (Å²) in [7, 11) is 0. The minimum absolute atomic E-state index is 0.000692. The molecule has 3 aromatic heterocycles. The summed E-state index contributed by atoms with van der Waals surface area (Å²) in [6.07, 6.45) is 6.18. The van der Waals surface area contributed by atoms with Crippen LogP contribution in [0.1, 0.15) is 44.1 Å². The number of hydrogen-bond donors (Lipinski definition) is 1. The topological polar surface area (TPSA) is 76.9 Å². The van der Waals surface area contributed by atoms with Gasteiger partial charge in [-0.05, 0) is 36.5 Å². The van der Waals surface area contributed by atoms with E-state index in [1.807, 2.05) is 30.3 Å². The lowest BCUT2D eigenvalue weighted by atomic mass is 10.0. The Morgan fingerprint density at radius 2 is 2.00 bits per heavy atom. The largest absolute Gasteiger partial charge is 0.353 e. The molecule has 1 saturated carbocycles. The Hall–Kier alpha value is -2.71. The van der Waals surface area contributed by atoms with E-state index >= 15 is 0 Å². The number of thioether (sulfide) groups is 1. The number of amides is 1. The average Bonchev–Trinajstić information content (AvgIpc) is 3.48. The van der Waals surface area contributed by atoms with Gasteiger partial charge in [0.2, 0.25) is 5.91 Å². The third-order valence-corrected chi connectivity index (χ3v) is 8.26. The standard InChI is InChI=1S/C25H26N4O2S2/c1-16(17-8-3-2-4-9-17)14-29-24(31)22-21(19-12-7-13-26-23(19)33-22)28-25(29)32-15-20(30)27-18-10-5-6-11-18/h2-4,7-9,12-13,16,18H,5-6,10-11,14-15H2,1H3,(H,27,30)/t16-/m0/s1. The molecule has 0 unspecified atom stereocenters. The molecule has 1 aliphatic carbocycles. The zero-order valence-electron chi connectivity index (χ0n) is 18.5. The van der Waals surface area contributed by atoms with E-state index in [-0.39, 0.29) is 29.2 Å². The highest BCUT2D eigenvalue weighted by Crippen LogP contribution is 2.31. The number of pyridine rings is 1. The fourth-order valence-electron chi connectivity index (χ4n) is 4.44. The van der Waals surface area contributed by atoms with Gasteiger partial charge in [-0.2, -0.15) is 0 Å². The second kappa shape index (κ2) is 9.65. The van der Waals surface area contributed by atoms with Gasteiger partial charge in [-0.1, -0.05) is 61.9 Å². The number of carbonyl (C=O) groups is 1. The van der Waals surface area contributed by atoms with E-state index in [1.165, 1.54) is 35.9 Å². The lowest BCUT2D eigenvalue weighted by molar-refractivity contribution is -0.119. The molecule has 170 valence electrons. The maximum Gasteiger partial charge on any atom is 0.272 e. The number of hydrogen-bond acceptors (Lipinski definition) is 6. The first kappa shape index (κ1) is 22.1. The monoisotopic (exact) mass is 478 g/mol. The minimum atomic E-state index is -0.0653. The van der Waals surface area contributed by atoms with Crippen molar-refractivity contribution >= 4 is 49.4 Å². The smallest absolute Gasteiger partial charge is 0.272 e. The van der Waals surface area contributed by atoms with Crippen LogP contribution in [0.2, 0.25) is 0 Å². The van der Waals surface area contributed by atoms with Gasteiger partial charge in [0.15, 0.2) is 5.16 Å². The van der Waals surface area contributed by atoms with Gasteiger partial charge in [0.05, 0.1) is 11.3 Å². The van der Waals surface area contributed by atoms with Gasteiger partial charge >= 0.3 is 0 Å². The third kappa shape index (κ3) is 4.68. The van der Waals surface area contributed by atoms with Crippen LogP contribution in [-0.2, 0) is 11.3 Å². The van der Waals surface area contributed by atoms with Crippen LogP contribution in [0.15, 0.2) is 58.6 Å². The summed E-state index contributed by atoms with van der Waals surface area (Å²) in [5, 5.41) is 4.60. The fourth-order valence-corrected chi connectivity index (χ4v) is 6.29. The lowest BCUT2D eigenvalue weighted by Gasteiger charge is -2.17. The first-order valence-electron chi connectivity index (χ1n) is 11.4. The molecular formula is C25H26N4O2S2. The van der Waals surface area contributed by atoms with E-state index in [4.69, 9.17) is 4.98 Å². The molecule has 0 aliphatic heterocycles. The predicted molar refractivity (Wildman–Crippen MR) is 135 cm³/mol. The van der Waals surface area contributed by atoms with Gasteiger partial charge in [0, 0.05) is 24.2 Å². The summed E-state index contributed by atoms with van der Waals surface area (Å²) in [5.41, 5.74) is 1.78. The van der Waals surface area contributed by atoms with Crippen molar-refractivity contribution in [3.8, 4) is 0 Å². The Morgan fingerprint density at radius 1 is 1.21 bits per heavy atom. The highest BCUT2D eigenvalue weighted by atomic mass is 32.2. The van der Waals surface area contributed by atoms with Gasteiger partial charge in [-0.25, -0.2) is 9.97 Å². The van der Waals surface area contributed by atoms with Crippen LogP contribution in [0.3, 0.4) is 0 Å². The quantitative estimate of drug-likeness (QED) is 0.300. The minimum Gasteiger partial charge on any atom is -0.353 e. The van der Waals surface area contributed by atoms with Crippen LogP contribution >= 0.6 is 23.1 Å². The number of carbonyl (C=O) groups excluding carboxylic acids is 1. The Bertz CT molecular complexity index is 1340. The molecule has 8 heteroatoms. The highest BCUT2D eigenvalue weighted by Gasteiger charge is 2.21. The van der Waals surface area contributed by atoms with Crippen molar-refractivity contribution in [3.63, 3.8) is 0 Å². The van der Waals surface area contributed by atoms with E-state index < -0.39 is 0 Å². The summed E-state index contributed by atoms with van der Waals surface area (Å²) in [5.74, 6) is 0.372. The summed E-state index contributed by atoms with van der Waals surface area (Å²) in [4.78, 5) is 36.3. The number of thiophene rings is 1. The molecule has 0 spiro atoms. The number of benzene rings is 1. The summed E-state index contributed by atoms with van der Waals surface area (Å²) >= 11 is 2.72. The Labute approximate surface area is 200 Å². The van der Waals surface area contributed by atoms with Crippen molar-refractivity contribution in [3.05, 3.63) is 64.6 Å². The zero-order valence-corrected chi connectivity index (χ0v) is 20.1. The van der Waals surface area contributed by atoms with Crippen molar-refractivity contribution in [2.75, 3.05) is 5.75 Å². The van der Waals surface area contributed by atoms with E-state index in [1.54, 1.807) is 10.8 Å². The van der Waals surface area contributed by atoms with Crippen LogP contribution in [-0.4, -0.2) is 32.2 Å². The molecule has 1 atom stereocenters. The first-order chi connectivity index (χ1) is 16.1. The molecule has 0 saturated heterocycles. The molecule has 6 nitrogen and oxygen atoms in total. The van der Waals surface area contributed by atoms with E-state index in [0.717, 1.165) is 28.6 Å². The average molecular weight is 479 g/mol. The van der Waals surface area contributed by atoms with E-state index in [9.17, 15) is 9.59 Å². The Morgan fingerprint density at radius 3 is 2.79 bits per heavy atom.